The minimum absolute atomic E-state index is 0.0154. The van der Waals surface area contributed by atoms with Gasteiger partial charge in [0.2, 0.25) is 5.91 Å². The zero-order chi connectivity index (χ0) is 64.4. The number of ether oxygens (including phenoxy) is 3. The molecule has 89 heavy (non-hydrogen) atoms. The van der Waals surface area contributed by atoms with Crippen molar-refractivity contribution in [3.8, 4) is 0 Å². The van der Waals surface area contributed by atoms with E-state index in [1.54, 1.807) is 6.08 Å². The first-order valence-electron chi connectivity index (χ1n) is 38.4. The van der Waals surface area contributed by atoms with Crippen LogP contribution in [0.3, 0.4) is 0 Å². The molecule has 7 atom stereocenters. The molecule has 1 heterocycles. The Bertz CT molecular complexity index is 1620. The normalized spacial score (nSPS) is 17.9. The number of allylic oxidation sites excluding steroid dienone is 7. The Morgan fingerprint density at radius 3 is 1.19 bits per heavy atom. The number of aliphatic hydroxyl groups excluding tert-OH is 5. The van der Waals surface area contributed by atoms with Gasteiger partial charge in [0.15, 0.2) is 6.29 Å². The second-order valence-electron chi connectivity index (χ2n) is 26.7. The summed E-state index contributed by atoms with van der Waals surface area (Å²) in [7, 11) is 0. The van der Waals surface area contributed by atoms with E-state index >= 15 is 0 Å². The van der Waals surface area contributed by atoms with E-state index in [1.165, 1.54) is 289 Å². The summed E-state index contributed by atoms with van der Waals surface area (Å²) in [4.78, 5) is 25.1. The molecule has 0 aromatic heterocycles. The second-order valence-corrected chi connectivity index (χ2v) is 26.7. The van der Waals surface area contributed by atoms with E-state index in [0.717, 1.165) is 57.8 Å². The van der Waals surface area contributed by atoms with Gasteiger partial charge in [-0.3, -0.25) is 9.59 Å². The zero-order valence-corrected chi connectivity index (χ0v) is 58.2. The van der Waals surface area contributed by atoms with Crippen molar-refractivity contribution < 1.29 is 49.3 Å². The molecule has 0 aliphatic carbocycles. The predicted molar refractivity (Wildman–Crippen MR) is 375 cm³/mol. The van der Waals surface area contributed by atoms with Gasteiger partial charge in [-0.05, 0) is 77.0 Å². The lowest BCUT2D eigenvalue weighted by Gasteiger charge is -2.40. The van der Waals surface area contributed by atoms with E-state index in [0.29, 0.717) is 19.4 Å². The average molecular weight is 1260 g/mol. The lowest BCUT2D eigenvalue weighted by atomic mass is 9.99. The summed E-state index contributed by atoms with van der Waals surface area (Å²) in [5, 5.41) is 54.3. The number of rotatable bonds is 68. The molecule has 1 amide bonds. The van der Waals surface area contributed by atoms with Gasteiger partial charge in [-0.2, -0.15) is 0 Å². The van der Waals surface area contributed by atoms with Crippen LogP contribution >= 0.6 is 0 Å². The van der Waals surface area contributed by atoms with Crippen LogP contribution < -0.4 is 5.32 Å². The maximum Gasteiger partial charge on any atom is 0.305 e. The molecule has 1 saturated heterocycles. The smallest absolute Gasteiger partial charge is 0.305 e. The zero-order valence-electron chi connectivity index (χ0n) is 58.2. The van der Waals surface area contributed by atoms with Crippen molar-refractivity contribution in [2.45, 2.75) is 416 Å². The van der Waals surface area contributed by atoms with E-state index in [9.17, 15) is 35.1 Å². The third-order valence-corrected chi connectivity index (χ3v) is 18.2. The van der Waals surface area contributed by atoms with Crippen molar-refractivity contribution in [1.29, 1.82) is 0 Å². The minimum atomic E-state index is -1.57. The quantitative estimate of drug-likeness (QED) is 0.0195. The first-order valence-corrected chi connectivity index (χ1v) is 38.4. The standard InChI is InChI=1S/C78H145NO10/c1-3-5-7-9-11-13-15-46-50-54-58-62-66-74(83)87-67-63-59-55-51-47-44-42-40-38-36-34-32-30-28-26-24-22-20-18-16-17-19-21-23-25-27-29-31-33-35-37-39-41-43-45-49-53-57-61-65-73(82)79-70(69-88-78-77(86)76(85)75(84)72(68-80)89-78)71(81)64-60-56-52-48-14-12-10-8-6-4-2/h14,16-17,20,22,48,60,64,70-72,75-78,80-81,84-86H,3-13,15,18-19,21,23-47,49-59,61-63,65-69H2,1-2H3,(H,79,82)/b17-16-,22-20-,48-14+,64-60+. The molecule has 0 aromatic carbocycles. The number of carbonyl (C=O) groups is 2. The molecule has 7 unspecified atom stereocenters. The number of hydrogen-bond donors (Lipinski definition) is 6. The van der Waals surface area contributed by atoms with Gasteiger partial charge in [0.05, 0.1) is 32.0 Å². The minimum Gasteiger partial charge on any atom is -0.466 e. The third-order valence-electron chi connectivity index (χ3n) is 18.2. The Kier molecular flexibility index (Phi) is 63.8. The van der Waals surface area contributed by atoms with Gasteiger partial charge in [-0.15, -0.1) is 0 Å². The molecule has 1 aliphatic rings. The van der Waals surface area contributed by atoms with Crippen LogP contribution in [-0.4, -0.2) is 100 Å². The fraction of sp³-hybridized carbons (Fsp3) is 0.872. The van der Waals surface area contributed by atoms with Crippen LogP contribution in [0.1, 0.15) is 373 Å². The molecular formula is C78H145NO10. The van der Waals surface area contributed by atoms with Gasteiger partial charge in [-0.25, -0.2) is 0 Å². The Labute approximate surface area is 548 Å². The monoisotopic (exact) mass is 1260 g/mol. The number of unbranched alkanes of at least 4 members (excludes halogenated alkanes) is 48. The molecule has 1 fully saturated rings. The lowest BCUT2D eigenvalue weighted by Crippen LogP contribution is -2.60. The van der Waals surface area contributed by atoms with Crippen molar-refractivity contribution in [3.63, 3.8) is 0 Å². The molecule has 0 radical (unpaired) electrons. The number of aliphatic hydroxyl groups is 5. The average Bonchev–Trinajstić information content (AvgIpc) is 2.81. The van der Waals surface area contributed by atoms with E-state index in [2.05, 4.69) is 55.6 Å². The van der Waals surface area contributed by atoms with E-state index < -0.39 is 49.5 Å². The summed E-state index contributed by atoms with van der Waals surface area (Å²) in [6, 6.07) is -0.824. The molecule has 6 N–H and O–H groups in total. The van der Waals surface area contributed by atoms with Crippen LogP contribution in [-0.2, 0) is 23.8 Å². The molecule has 0 saturated carbocycles. The molecule has 11 nitrogen and oxygen atoms in total. The number of nitrogens with one attached hydrogen (secondary N) is 1. The van der Waals surface area contributed by atoms with E-state index in [-0.39, 0.29) is 18.5 Å². The van der Waals surface area contributed by atoms with Crippen molar-refractivity contribution >= 4 is 11.9 Å². The van der Waals surface area contributed by atoms with Crippen molar-refractivity contribution in [1.82, 2.24) is 5.32 Å². The van der Waals surface area contributed by atoms with Crippen molar-refractivity contribution in [2.75, 3.05) is 19.8 Å². The molecule has 0 aromatic rings. The third kappa shape index (κ3) is 55.8. The van der Waals surface area contributed by atoms with Gasteiger partial charge in [0, 0.05) is 12.8 Å². The number of hydrogen-bond acceptors (Lipinski definition) is 10. The van der Waals surface area contributed by atoms with Gasteiger partial charge >= 0.3 is 5.97 Å². The van der Waals surface area contributed by atoms with E-state index in [4.69, 9.17) is 14.2 Å². The van der Waals surface area contributed by atoms with Crippen LogP contribution in [0.15, 0.2) is 48.6 Å². The fourth-order valence-corrected chi connectivity index (χ4v) is 12.1. The summed E-state index contributed by atoms with van der Waals surface area (Å²) in [5.74, 6) is -0.174. The highest BCUT2D eigenvalue weighted by molar-refractivity contribution is 5.76. The molecule has 11 heteroatoms. The Hall–Kier alpha value is -2.38. The molecule has 1 rings (SSSR count). The molecule has 0 bridgehead atoms. The van der Waals surface area contributed by atoms with E-state index in [1.807, 2.05) is 6.08 Å². The van der Waals surface area contributed by atoms with Gasteiger partial charge < -0.3 is 45.1 Å². The van der Waals surface area contributed by atoms with Crippen molar-refractivity contribution in [3.05, 3.63) is 48.6 Å². The van der Waals surface area contributed by atoms with Crippen LogP contribution in [0.2, 0.25) is 0 Å². The van der Waals surface area contributed by atoms with Crippen LogP contribution in [0, 0.1) is 0 Å². The predicted octanol–water partition coefficient (Wildman–Crippen LogP) is 20.3. The topological polar surface area (TPSA) is 175 Å². The van der Waals surface area contributed by atoms with Gasteiger partial charge in [0.25, 0.3) is 0 Å². The number of amides is 1. The molecular weight excluding hydrogens is 1110 g/mol. The maximum atomic E-state index is 13.0. The first-order chi connectivity index (χ1) is 43.7. The van der Waals surface area contributed by atoms with Gasteiger partial charge in [0.1, 0.15) is 24.4 Å². The summed E-state index contributed by atoms with van der Waals surface area (Å²) in [6.07, 6.45) is 78.7. The second kappa shape index (κ2) is 67.1. The van der Waals surface area contributed by atoms with Crippen LogP contribution in [0.25, 0.3) is 0 Å². The maximum absolute atomic E-state index is 13.0. The largest absolute Gasteiger partial charge is 0.466 e. The van der Waals surface area contributed by atoms with Gasteiger partial charge in [-0.1, -0.05) is 332 Å². The highest BCUT2D eigenvalue weighted by atomic mass is 16.7. The van der Waals surface area contributed by atoms with Crippen LogP contribution in [0.5, 0.6) is 0 Å². The molecule has 522 valence electrons. The summed E-state index contributed by atoms with van der Waals surface area (Å²) in [6.45, 7) is 4.33. The molecule has 0 spiro atoms. The fourth-order valence-electron chi connectivity index (χ4n) is 12.1. The Balaban J connectivity index is 1.89. The number of carbonyl (C=O) groups excluding carboxylic acids is 2. The summed E-state index contributed by atoms with van der Waals surface area (Å²) < 4.78 is 16.7. The lowest BCUT2D eigenvalue weighted by molar-refractivity contribution is -0.302. The summed E-state index contributed by atoms with van der Waals surface area (Å²) in [5.41, 5.74) is 0. The highest BCUT2D eigenvalue weighted by Gasteiger charge is 2.44. The van der Waals surface area contributed by atoms with Crippen molar-refractivity contribution in [2.24, 2.45) is 0 Å². The Morgan fingerprint density at radius 2 is 0.764 bits per heavy atom. The highest BCUT2D eigenvalue weighted by Crippen LogP contribution is 2.24. The first kappa shape index (κ1) is 84.6. The molecule has 1 aliphatic heterocycles. The Morgan fingerprint density at radius 1 is 0.416 bits per heavy atom. The number of esters is 1. The SMILES string of the molecule is CCCCCC/C=C/CC/C=C/C(O)C(COC1OC(CO)C(O)C(O)C1O)NC(=O)CCCCCCCCCCCCCCCCCCC/C=C\C/C=C\CCCCCCCCCCCCCCCCCOC(=O)CCCCCCCCCCCCCC. The van der Waals surface area contributed by atoms with Crippen LogP contribution in [0.4, 0.5) is 0 Å². The summed E-state index contributed by atoms with van der Waals surface area (Å²) >= 11 is 0.